The molecule has 1 aliphatic rings. The maximum atomic E-state index is 12.8. The number of fused-ring (bicyclic) bond motifs is 1. The molecule has 0 bridgehead atoms. The van der Waals surface area contributed by atoms with Crippen molar-refractivity contribution in [1.82, 2.24) is 3.97 Å². The number of aromatic nitrogens is 1. The molecule has 1 aromatic heterocycles. The van der Waals surface area contributed by atoms with Crippen molar-refractivity contribution in [2.24, 2.45) is 0 Å². The highest BCUT2D eigenvalue weighted by atomic mass is 79.9. The van der Waals surface area contributed by atoms with Gasteiger partial charge in [0.1, 0.15) is 0 Å². The molecule has 1 aromatic carbocycles. The van der Waals surface area contributed by atoms with E-state index in [9.17, 15) is 18.3 Å². The summed E-state index contributed by atoms with van der Waals surface area (Å²) in [5, 5.41) is 9.31. The molecule has 1 heterocycles. The first-order valence-electron chi connectivity index (χ1n) is 6.89. The summed E-state index contributed by atoms with van der Waals surface area (Å²) in [4.78, 5) is 11.5. The molecule has 0 saturated carbocycles. The van der Waals surface area contributed by atoms with Crippen molar-refractivity contribution < 1.29 is 18.3 Å². The van der Waals surface area contributed by atoms with Gasteiger partial charge in [-0.3, -0.25) is 0 Å². The van der Waals surface area contributed by atoms with Crippen molar-refractivity contribution in [2.75, 3.05) is 0 Å². The number of rotatable bonds is 3. The molecular formula is C15H14BrNO4S. The molecular weight excluding hydrogens is 370 g/mol. The third-order valence-electron chi connectivity index (χ3n) is 3.88. The van der Waals surface area contributed by atoms with Gasteiger partial charge in [0.15, 0.2) is 0 Å². The lowest BCUT2D eigenvalue weighted by molar-refractivity contribution is 0.0695. The van der Waals surface area contributed by atoms with Crippen molar-refractivity contribution in [3.8, 4) is 0 Å². The van der Waals surface area contributed by atoms with Crippen LogP contribution in [0.15, 0.2) is 39.8 Å². The molecule has 0 aliphatic heterocycles. The van der Waals surface area contributed by atoms with Crippen LogP contribution in [-0.2, 0) is 22.9 Å². The predicted octanol–water partition coefficient (Wildman–Crippen LogP) is 3.06. The van der Waals surface area contributed by atoms with Crippen molar-refractivity contribution in [3.63, 3.8) is 0 Å². The molecule has 0 atom stereocenters. The molecule has 0 amide bonds. The van der Waals surface area contributed by atoms with Crippen LogP contribution in [0.2, 0.25) is 0 Å². The topological polar surface area (TPSA) is 76.4 Å². The van der Waals surface area contributed by atoms with Crippen LogP contribution in [0.3, 0.4) is 0 Å². The zero-order valence-corrected chi connectivity index (χ0v) is 14.0. The average Bonchev–Trinajstić information content (AvgIpc) is 2.88. The molecule has 7 heteroatoms. The second-order valence-corrected chi connectivity index (χ2v) is 7.97. The summed E-state index contributed by atoms with van der Waals surface area (Å²) < 4.78 is 27.5. The van der Waals surface area contributed by atoms with Crippen LogP contribution in [0.1, 0.15) is 34.5 Å². The summed E-state index contributed by atoms with van der Waals surface area (Å²) in [6.07, 6.45) is 4.19. The monoisotopic (exact) mass is 383 g/mol. The first-order valence-corrected chi connectivity index (χ1v) is 9.12. The number of halogens is 1. The number of nitrogens with zero attached hydrogens (tertiary/aromatic N) is 1. The summed E-state index contributed by atoms with van der Waals surface area (Å²) >= 11 is 3.27. The summed E-state index contributed by atoms with van der Waals surface area (Å²) in [6, 6.07) is 6.33. The Morgan fingerprint density at radius 2 is 1.77 bits per heavy atom. The van der Waals surface area contributed by atoms with Crippen LogP contribution in [0.5, 0.6) is 0 Å². The smallest absolute Gasteiger partial charge is 0.337 e. The average molecular weight is 384 g/mol. The lowest BCUT2D eigenvalue weighted by Crippen LogP contribution is -2.17. The molecule has 5 nitrogen and oxygen atoms in total. The number of benzene rings is 1. The van der Waals surface area contributed by atoms with Crippen molar-refractivity contribution in [1.29, 1.82) is 0 Å². The van der Waals surface area contributed by atoms with Gasteiger partial charge in [0.25, 0.3) is 10.0 Å². The van der Waals surface area contributed by atoms with Gasteiger partial charge in [-0.2, -0.15) is 0 Å². The minimum Gasteiger partial charge on any atom is -0.478 e. The lowest BCUT2D eigenvalue weighted by Gasteiger charge is -2.16. The fraction of sp³-hybridized carbons (Fsp3) is 0.267. The van der Waals surface area contributed by atoms with Crippen LogP contribution in [0.25, 0.3) is 0 Å². The summed E-state index contributed by atoms with van der Waals surface area (Å²) in [5.74, 6) is -1.08. The van der Waals surface area contributed by atoms with Crippen LogP contribution in [0, 0.1) is 0 Å². The van der Waals surface area contributed by atoms with E-state index in [4.69, 9.17) is 0 Å². The fourth-order valence-electron chi connectivity index (χ4n) is 2.81. The van der Waals surface area contributed by atoms with E-state index < -0.39 is 16.0 Å². The molecule has 0 radical (unpaired) electrons. The SMILES string of the molecule is O=C(O)c1cn(S(=O)(=O)c2ccc(Br)cc2)c2c1CCCC2. The number of hydrogen-bond acceptors (Lipinski definition) is 3. The zero-order chi connectivity index (χ0) is 15.9. The van der Waals surface area contributed by atoms with Crippen molar-refractivity contribution >= 4 is 31.9 Å². The van der Waals surface area contributed by atoms with E-state index in [1.54, 1.807) is 12.1 Å². The number of carboxylic acid groups (broad SMARTS) is 1. The van der Waals surface area contributed by atoms with E-state index in [1.807, 2.05) is 0 Å². The fourth-order valence-corrected chi connectivity index (χ4v) is 4.52. The maximum Gasteiger partial charge on any atom is 0.337 e. The van der Waals surface area contributed by atoms with Gasteiger partial charge in [-0.15, -0.1) is 0 Å². The first kappa shape index (κ1) is 15.3. The minimum atomic E-state index is -3.78. The van der Waals surface area contributed by atoms with Gasteiger partial charge in [0, 0.05) is 16.4 Å². The van der Waals surface area contributed by atoms with E-state index in [0.717, 1.165) is 21.3 Å². The summed E-state index contributed by atoms with van der Waals surface area (Å²) in [7, 11) is -3.78. The normalized spacial score (nSPS) is 14.6. The van der Waals surface area contributed by atoms with Crippen molar-refractivity contribution in [2.45, 2.75) is 30.6 Å². The third kappa shape index (κ3) is 2.48. The molecule has 116 valence electrons. The van der Waals surface area contributed by atoms with E-state index in [-0.39, 0.29) is 10.5 Å². The Morgan fingerprint density at radius 3 is 2.41 bits per heavy atom. The number of carboxylic acids is 1. The largest absolute Gasteiger partial charge is 0.478 e. The first-order chi connectivity index (χ1) is 10.4. The molecule has 1 N–H and O–H groups in total. The lowest BCUT2D eigenvalue weighted by atomic mass is 9.95. The highest BCUT2D eigenvalue weighted by Gasteiger charge is 2.28. The Morgan fingerprint density at radius 1 is 1.14 bits per heavy atom. The number of aromatic carboxylic acids is 1. The molecule has 0 saturated heterocycles. The molecule has 22 heavy (non-hydrogen) atoms. The molecule has 0 unspecified atom stereocenters. The van der Waals surface area contributed by atoms with E-state index in [2.05, 4.69) is 15.9 Å². The standard InChI is InChI=1S/C15H14BrNO4S/c16-10-5-7-11(8-6-10)22(20,21)17-9-13(15(18)19)12-3-1-2-4-14(12)17/h5-9H,1-4H2,(H,18,19). The van der Waals surface area contributed by atoms with Gasteiger partial charge in [0.05, 0.1) is 10.5 Å². The molecule has 3 rings (SSSR count). The van der Waals surface area contributed by atoms with Crippen molar-refractivity contribution in [3.05, 3.63) is 51.8 Å². The molecule has 0 fully saturated rings. The van der Waals surface area contributed by atoms with Crippen LogP contribution >= 0.6 is 15.9 Å². The maximum absolute atomic E-state index is 12.8. The quantitative estimate of drug-likeness (QED) is 0.883. The second kappa shape index (κ2) is 5.55. The van der Waals surface area contributed by atoms with Gasteiger partial charge in [-0.25, -0.2) is 17.2 Å². The van der Waals surface area contributed by atoms with Gasteiger partial charge < -0.3 is 5.11 Å². The highest BCUT2D eigenvalue weighted by molar-refractivity contribution is 9.10. The van der Waals surface area contributed by atoms with E-state index in [1.165, 1.54) is 18.3 Å². The minimum absolute atomic E-state index is 0.0930. The summed E-state index contributed by atoms with van der Waals surface area (Å²) in [6.45, 7) is 0. The number of hydrogen-bond donors (Lipinski definition) is 1. The Bertz CT molecular complexity index is 837. The van der Waals surface area contributed by atoms with Gasteiger partial charge >= 0.3 is 5.97 Å². The predicted molar refractivity (Wildman–Crippen MR) is 84.8 cm³/mol. The van der Waals surface area contributed by atoms with Gasteiger partial charge in [0.2, 0.25) is 0 Å². The van der Waals surface area contributed by atoms with E-state index >= 15 is 0 Å². The van der Waals surface area contributed by atoms with Gasteiger partial charge in [-0.1, -0.05) is 15.9 Å². The number of carbonyl (C=O) groups is 1. The highest BCUT2D eigenvalue weighted by Crippen LogP contribution is 2.30. The Hall–Kier alpha value is -1.60. The third-order valence-corrected chi connectivity index (χ3v) is 6.12. The molecule has 1 aliphatic carbocycles. The zero-order valence-electron chi connectivity index (χ0n) is 11.6. The van der Waals surface area contributed by atoms with Crippen LogP contribution < -0.4 is 0 Å². The molecule has 0 spiro atoms. The molecule has 2 aromatic rings. The van der Waals surface area contributed by atoms with Gasteiger partial charge in [-0.05, 0) is 55.5 Å². The Balaban J connectivity index is 2.19. The van der Waals surface area contributed by atoms with E-state index in [0.29, 0.717) is 24.1 Å². The Labute approximate surface area is 136 Å². The Kier molecular flexibility index (Phi) is 3.86. The van der Waals surface area contributed by atoms with Crippen LogP contribution in [-0.4, -0.2) is 23.5 Å². The van der Waals surface area contributed by atoms with Crippen LogP contribution in [0.4, 0.5) is 0 Å². The summed E-state index contributed by atoms with van der Waals surface area (Å²) in [5.41, 5.74) is 1.35. The second-order valence-electron chi connectivity index (χ2n) is 5.24.